The van der Waals surface area contributed by atoms with Crippen LogP contribution in [0.25, 0.3) is 0 Å². The Morgan fingerprint density at radius 1 is 0.938 bits per heavy atom. The Hall–Kier alpha value is -0.320. The maximum atomic E-state index is 8.56. The Bertz CT molecular complexity index is 195. The molecule has 0 heterocycles. The molecule has 0 aromatic carbocycles. The summed E-state index contributed by atoms with van der Waals surface area (Å²) in [5, 5.41) is 33.5. The monoisotopic (exact) mass is 238 g/mol. The molecule has 96 valence electrons. The minimum atomic E-state index is -0.635. The van der Waals surface area contributed by atoms with Gasteiger partial charge in [-0.1, -0.05) is 13.8 Å². The molecule has 0 amide bonds. The van der Waals surface area contributed by atoms with Crippen molar-refractivity contribution < 1.29 is 30.5 Å². The summed E-state index contributed by atoms with van der Waals surface area (Å²) in [5.74, 6) is 0.631. The van der Waals surface area contributed by atoms with Gasteiger partial charge in [0, 0.05) is 0 Å². The topological polar surface area (TPSA) is 106 Å². The third-order valence-electron chi connectivity index (χ3n) is 2.89. The van der Waals surface area contributed by atoms with Gasteiger partial charge in [0.25, 0.3) is 0 Å². The van der Waals surface area contributed by atoms with Crippen LogP contribution in [0.4, 0.5) is 0 Å². The van der Waals surface area contributed by atoms with E-state index in [0.29, 0.717) is 18.8 Å². The zero-order valence-corrected chi connectivity index (χ0v) is 9.22. The summed E-state index contributed by atoms with van der Waals surface area (Å²) < 4.78 is 0. The first-order valence-corrected chi connectivity index (χ1v) is 5.09. The molecule has 2 atom stereocenters. The SMILES string of the molecule is CC(C)C1CC(ON(O)O)C(ON(O)O)C1. The normalized spacial score (nSPS) is 30.9. The fourth-order valence-corrected chi connectivity index (χ4v) is 2.00. The van der Waals surface area contributed by atoms with Crippen LogP contribution in [-0.2, 0) is 9.68 Å². The van der Waals surface area contributed by atoms with E-state index in [4.69, 9.17) is 20.8 Å². The zero-order chi connectivity index (χ0) is 12.3. The fourth-order valence-electron chi connectivity index (χ4n) is 2.00. The Morgan fingerprint density at radius 3 is 1.56 bits per heavy atom. The third kappa shape index (κ3) is 3.92. The van der Waals surface area contributed by atoms with Crippen LogP contribution in [0.15, 0.2) is 0 Å². The van der Waals surface area contributed by atoms with Crippen LogP contribution >= 0.6 is 0 Å². The molecular formula is C8H18N2O6. The second-order valence-corrected chi connectivity index (χ2v) is 4.27. The van der Waals surface area contributed by atoms with Crippen molar-refractivity contribution in [3.8, 4) is 0 Å². The molecule has 0 spiro atoms. The van der Waals surface area contributed by atoms with Gasteiger partial charge in [-0.25, -0.2) is 9.68 Å². The van der Waals surface area contributed by atoms with Gasteiger partial charge in [-0.3, -0.25) is 20.8 Å². The van der Waals surface area contributed by atoms with Gasteiger partial charge in [0.1, 0.15) is 12.2 Å². The molecule has 1 saturated carbocycles. The largest absolute Gasteiger partial charge is 0.266 e. The number of hydrogen-bond acceptors (Lipinski definition) is 8. The second kappa shape index (κ2) is 5.84. The van der Waals surface area contributed by atoms with E-state index in [0.717, 1.165) is 0 Å². The second-order valence-electron chi connectivity index (χ2n) is 4.27. The van der Waals surface area contributed by atoms with Gasteiger partial charge in [-0.05, 0) is 24.7 Å². The van der Waals surface area contributed by atoms with Gasteiger partial charge >= 0.3 is 0 Å². The highest BCUT2D eigenvalue weighted by Crippen LogP contribution is 2.35. The van der Waals surface area contributed by atoms with Crippen molar-refractivity contribution in [1.82, 2.24) is 10.8 Å². The van der Waals surface area contributed by atoms with Crippen molar-refractivity contribution in [1.29, 1.82) is 0 Å². The van der Waals surface area contributed by atoms with E-state index in [1.54, 1.807) is 0 Å². The summed E-state index contributed by atoms with van der Waals surface area (Å²) in [6.45, 7) is 4.05. The molecule has 1 aliphatic carbocycles. The molecule has 0 radical (unpaired) electrons. The van der Waals surface area contributed by atoms with E-state index in [1.165, 1.54) is 0 Å². The molecule has 2 unspecified atom stereocenters. The van der Waals surface area contributed by atoms with E-state index >= 15 is 0 Å². The number of hydrogen-bond donors (Lipinski definition) is 4. The van der Waals surface area contributed by atoms with Crippen molar-refractivity contribution in [3.05, 3.63) is 0 Å². The first-order chi connectivity index (χ1) is 7.40. The molecule has 0 saturated heterocycles. The van der Waals surface area contributed by atoms with Crippen LogP contribution in [0.2, 0.25) is 0 Å². The van der Waals surface area contributed by atoms with Crippen molar-refractivity contribution in [3.63, 3.8) is 0 Å². The van der Waals surface area contributed by atoms with Gasteiger partial charge in [0.05, 0.1) is 10.8 Å². The van der Waals surface area contributed by atoms with E-state index in [1.807, 2.05) is 13.8 Å². The quantitative estimate of drug-likeness (QED) is 0.521. The van der Waals surface area contributed by atoms with Gasteiger partial charge < -0.3 is 0 Å². The van der Waals surface area contributed by atoms with Crippen molar-refractivity contribution in [2.24, 2.45) is 11.8 Å². The molecule has 0 aromatic rings. The van der Waals surface area contributed by atoms with Crippen molar-refractivity contribution in [2.45, 2.75) is 38.9 Å². The average molecular weight is 238 g/mol. The van der Waals surface area contributed by atoms with E-state index < -0.39 is 12.2 Å². The lowest BCUT2D eigenvalue weighted by molar-refractivity contribution is -0.535. The average Bonchev–Trinajstić information content (AvgIpc) is 2.46. The molecule has 4 N–H and O–H groups in total. The van der Waals surface area contributed by atoms with Gasteiger partial charge in [0.2, 0.25) is 0 Å². The van der Waals surface area contributed by atoms with Crippen LogP contribution < -0.4 is 0 Å². The third-order valence-corrected chi connectivity index (χ3v) is 2.89. The maximum Gasteiger partial charge on any atom is 0.113 e. The first-order valence-electron chi connectivity index (χ1n) is 5.09. The minimum Gasteiger partial charge on any atom is -0.266 e. The number of nitrogens with zero attached hydrogens (tertiary/aromatic N) is 2. The highest BCUT2D eigenvalue weighted by Gasteiger charge is 2.39. The lowest BCUT2D eigenvalue weighted by Crippen LogP contribution is -2.35. The zero-order valence-electron chi connectivity index (χ0n) is 9.22. The smallest absolute Gasteiger partial charge is 0.113 e. The van der Waals surface area contributed by atoms with E-state index in [2.05, 4.69) is 9.68 Å². The predicted molar refractivity (Wildman–Crippen MR) is 48.1 cm³/mol. The molecular weight excluding hydrogens is 220 g/mol. The Balaban J connectivity index is 2.56. The first kappa shape index (κ1) is 13.7. The van der Waals surface area contributed by atoms with Crippen LogP contribution in [0, 0.1) is 11.8 Å². The van der Waals surface area contributed by atoms with Crippen molar-refractivity contribution >= 4 is 0 Å². The molecule has 0 aromatic heterocycles. The standard InChI is InChI=1S/C8H18N2O6/c1-5(2)6-3-7(15-9(11)12)8(4-6)16-10(13)14/h5-8,11-14H,3-4H2,1-2H3. The minimum absolute atomic E-state index is 0.259. The predicted octanol–water partition coefficient (Wildman–Crippen LogP) is 0.814. The van der Waals surface area contributed by atoms with Crippen LogP contribution in [-0.4, -0.2) is 43.8 Å². The number of rotatable bonds is 5. The highest BCUT2D eigenvalue weighted by atomic mass is 17.1. The Kier molecular flexibility index (Phi) is 5.02. The van der Waals surface area contributed by atoms with Crippen LogP contribution in [0.3, 0.4) is 0 Å². The maximum absolute atomic E-state index is 8.56. The van der Waals surface area contributed by atoms with Gasteiger partial charge in [0.15, 0.2) is 0 Å². The fraction of sp³-hybridized carbons (Fsp3) is 1.00. The summed E-state index contributed by atoms with van der Waals surface area (Å²) in [6, 6.07) is 0. The lowest BCUT2D eigenvalue weighted by atomic mass is 9.94. The van der Waals surface area contributed by atoms with Crippen molar-refractivity contribution in [2.75, 3.05) is 0 Å². The molecule has 0 aliphatic heterocycles. The summed E-state index contributed by atoms with van der Waals surface area (Å²) in [7, 11) is 0. The summed E-state index contributed by atoms with van der Waals surface area (Å²) in [5.41, 5.74) is 0. The highest BCUT2D eigenvalue weighted by molar-refractivity contribution is 4.85. The molecule has 0 bridgehead atoms. The van der Waals surface area contributed by atoms with Gasteiger partial charge in [-0.2, -0.15) is 0 Å². The summed E-state index contributed by atoms with van der Waals surface area (Å²) in [4.78, 5) is 9.35. The Morgan fingerprint density at radius 2 is 1.31 bits per heavy atom. The van der Waals surface area contributed by atoms with E-state index in [9.17, 15) is 0 Å². The van der Waals surface area contributed by atoms with Gasteiger partial charge in [-0.15, -0.1) is 0 Å². The van der Waals surface area contributed by atoms with E-state index in [-0.39, 0.29) is 16.7 Å². The molecule has 16 heavy (non-hydrogen) atoms. The molecule has 1 rings (SSSR count). The molecule has 8 nitrogen and oxygen atoms in total. The molecule has 1 fully saturated rings. The summed E-state index contributed by atoms with van der Waals surface area (Å²) >= 11 is 0. The molecule has 8 heteroatoms. The van der Waals surface area contributed by atoms with Crippen LogP contribution in [0.1, 0.15) is 26.7 Å². The Labute approximate surface area is 92.9 Å². The summed E-state index contributed by atoms with van der Waals surface area (Å²) in [6.07, 6.45) is -0.171. The van der Waals surface area contributed by atoms with Crippen LogP contribution in [0.5, 0.6) is 0 Å². The lowest BCUT2D eigenvalue weighted by Gasteiger charge is -2.21. The molecule has 1 aliphatic rings.